The number of para-hydroxylation sites is 3. The third kappa shape index (κ3) is 3.48. The van der Waals surface area contributed by atoms with Crippen LogP contribution in [0.3, 0.4) is 0 Å². The van der Waals surface area contributed by atoms with Crippen LogP contribution in [-0.4, -0.2) is 22.0 Å². The van der Waals surface area contributed by atoms with Crippen LogP contribution in [0.1, 0.15) is 6.92 Å². The van der Waals surface area contributed by atoms with E-state index in [0.717, 1.165) is 10.6 Å². The second kappa shape index (κ2) is 6.94. The summed E-state index contributed by atoms with van der Waals surface area (Å²) in [5.74, 6) is -1.37. The van der Waals surface area contributed by atoms with Crippen molar-refractivity contribution < 1.29 is 14.5 Å². The smallest absolute Gasteiger partial charge is 0.292 e. The predicted molar refractivity (Wildman–Crippen MR) is 95.6 cm³/mol. The summed E-state index contributed by atoms with van der Waals surface area (Å²) in [6, 6.07) is 13.3. The number of anilines is 2. The van der Waals surface area contributed by atoms with E-state index in [1.165, 1.54) is 30.0 Å². The van der Waals surface area contributed by atoms with Gasteiger partial charge in [-0.2, -0.15) is 0 Å². The molecule has 3 rings (SSSR count). The molecule has 25 heavy (non-hydrogen) atoms. The molecule has 2 aromatic carbocycles. The first kappa shape index (κ1) is 17.0. The van der Waals surface area contributed by atoms with Crippen LogP contribution in [0, 0.1) is 16.0 Å². The number of nitro groups is 1. The Kier molecular flexibility index (Phi) is 4.71. The number of benzene rings is 2. The van der Waals surface area contributed by atoms with Crippen LogP contribution in [0.5, 0.6) is 0 Å². The number of nitro benzene ring substituents is 1. The highest BCUT2D eigenvalue weighted by Gasteiger charge is 2.35. The van der Waals surface area contributed by atoms with E-state index in [4.69, 9.17) is 0 Å². The number of rotatable bonds is 4. The summed E-state index contributed by atoms with van der Waals surface area (Å²) in [4.78, 5) is 36.2. The third-order valence-corrected chi connectivity index (χ3v) is 5.37. The zero-order chi connectivity index (χ0) is 18.0. The van der Waals surface area contributed by atoms with Crippen LogP contribution in [-0.2, 0) is 9.59 Å². The second-order valence-electron chi connectivity index (χ2n) is 5.58. The number of carbonyl (C=O) groups excluding carboxylic acids is 2. The van der Waals surface area contributed by atoms with Crippen LogP contribution in [0.4, 0.5) is 17.1 Å². The highest BCUT2D eigenvalue weighted by atomic mass is 32.2. The third-order valence-electron chi connectivity index (χ3n) is 3.88. The van der Waals surface area contributed by atoms with Gasteiger partial charge in [0.2, 0.25) is 11.8 Å². The van der Waals surface area contributed by atoms with Crippen molar-refractivity contribution in [2.75, 3.05) is 10.6 Å². The lowest BCUT2D eigenvalue weighted by molar-refractivity contribution is -0.383. The van der Waals surface area contributed by atoms with Crippen molar-refractivity contribution in [1.82, 2.24) is 0 Å². The summed E-state index contributed by atoms with van der Waals surface area (Å²) in [5, 5.41) is 15.8. The van der Waals surface area contributed by atoms with Gasteiger partial charge in [-0.25, -0.2) is 0 Å². The normalized spacial score (nSPS) is 17.2. The topological polar surface area (TPSA) is 101 Å². The molecule has 1 heterocycles. The van der Waals surface area contributed by atoms with Gasteiger partial charge in [0.15, 0.2) is 0 Å². The van der Waals surface area contributed by atoms with Crippen LogP contribution < -0.4 is 10.6 Å². The standard InChI is InChI=1S/C17H15N3O4S/c1-10(15-17(22)19-12-7-3-5-9-14(12)25-15)16(21)18-11-6-2-4-8-13(11)20(23)24/h2-10,15H,1H3,(H,18,21)(H,19,22). The van der Waals surface area contributed by atoms with E-state index in [-0.39, 0.29) is 17.3 Å². The second-order valence-corrected chi connectivity index (χ2v) is 6.76. The largest absolute Gasteiger partial charge is 0.324 e. The van der Waals surface area contributed by atoms with Gasteiger partial charge in [0.1, 0.15) is 5.69 Å². The average Bonchev–Trinajstić information content (AvgIpc) is 2.60. The van der Waals surface area contributed by atoms with Crippen LogP contribution in [0.25, 0.3) is 0 Å². The Bertz CT molecular complexity index is 855. The lowest BCUT2D eigenvalue weighted by Gasteiger charge is -2.27. The SMILES string of the molecule is CC(C(=O)Nc1ccccc1[N+](=O)[O-])C1Sc2ccccc2NC1=O. The number of hydrogen-bond donors (Lipinski definition) is 2. The molecule has 7 nitrogen and oxygen atoms in total. The van der Waals surface area contributed by atoms with E-state index >= 15 is 0 Å². The maximum atomic E-state index is 12.5. The van der Waals surface area contributed by atoms with E-state index in [2.05, 4.69) is 10.6 Å². The van der Waals surface area contributed by atoms with Crippen molar-refractivity contribution in [3.8, 4) is 0 Å². The molecule has 2 aromatic rings. The van der Waals surface area contributed by atoms with Gasteiger partial charge in [0.05, 0.1) is 21.8 Å². The molecule has 0 aromatic heterocycles. The Morgan fingerprint density at radius 3 is 2.68 bits per heavy atom. The molecule has 0 saturated carbocycles. The van der Waals surface area contributed by atoms with Crippen LogP contribution >= 0.6 is 11.8 Å². The zero-order valence-electron chi connectivity index (χ0n) is 13.3. The molecule has 2 unspecified atom stereocenters. The summed E-state index contributed by atoms with van der Waals surface area (Å²) in [6.07, 6.45) is 0. The fourth-order valence-electron chi connectivity index (χ4n) is 2.52. The molecule has 0 bridgehead atoms. The molecule has 0 fully saturated rings. The molecular weight excluding hydrogens is 342 g/mol. The van der Waals surface area contributed by atoms with E-state index < -0.39 is 22.0 Å². The van der Waals surface area contributed by atoms with Crippen LogP contribution in [0.15, 0.2) is 53.4 Å². The van der Waals surface area contributed by atoms with Gasteiger partial charge in [-0.05, 0) is 18.2 Å². The fraction of sp³-hybridized carbons (Fsp3) is 0.176. The molecule has 2 N–H and O–H groups in total. The molecular formula is C17H15N3O4S. The first-order valence-corrected chi connectivity index (χ1v) is 8.46. The van der Waals surface area contributed by atoms with Crippen molar-refractivity contribution >= 4 is 40.6 Å². The lowest BCUT2D eigenvalue weighted by Crippen LogP contribution is -2.39. The fourth-order valence-corrected chi connectivity index (χ4v) is 3.69. The molecule has 1 aliphatic rings. The summed E-state index contributed by atoms with van der Waals surface area (Å²) in [7, 11) is 0. The minimum absolute atomic E-state index is 0.117. The van der Waals surface area contributed by atoms with Gasteiger partial charge >= 0.3 is 0 Å². The number of thioether (sulfide) groups is 1. The zero-order valence-corrected chi connectivity index (χ0v) is 14.1. The molecule has 1 aliphatic heterocycles. The van der Waals surface area contributed by atoms with Gasteiger partial charge < -0.3 is 10.6 Å². The first-order chi connectivity index (χ1) is 12.0. The van der Waals surface area contributed by atoms with Crippen molar-refractivity contribution in [1.29, 1.82) is 0 Å². The molecule has 0 aliphatic carbocycles. The first-order valence-electron chi connectivity index (χ1n) is 7.58. The van der Waals surface area contributed by atoms with Gasteiger partial charge in [0, 0.05) is 11.0 Å². The average molecular weight is 357 g/mol. The van der Waals surface area contributed by atoms with Crippen LogP contribution in [0.2, 0.25) is 0 Å². The molecule has 2 atom stereocenters. The van der Waals surface area contributed by atoms with Gasteiger partial charge in [-0.3, -0.25) is 19.7 Å². The van der Waals surface area contributed by atoms with E-state index in [1.807, 2.05) is 18.2 Å². The quantitative estimate of drug-likeness (QED) is 0.646. The summed E-state index contributed by atoms with van der Waals surface area (Å²) < 4.78 is 0. The number of fused-ring (bicyclic) bond motifs is 1. The Labute approximate surface area is 148 Å². The van der Waals surface area contributed by atoms with E-state index in [0.29, 0.717) is 0 Å². The minimum atomic E-state index is -0.668. The number of carbonyl (C=O) groups is 2. The van der Waals surface area contributed by atoms with Gasteiger partial charge in [0.25, 0.3) is 5.69 Å². The Morgan fingerprint density at radius 1 is 1.24 bits per heavy atom. The Hall–Kier alpha value is -2.87. The highest BCUT2D eigenvalue weighted by Crippen LogP contribution is 2.38. The maximum absolute atomic E-state index is 12.5. The highest BCUT2D eigenvalue weighted by molar-refractivity contribution is 8.01. The molecule has 128 valence electrons. The van der Waals surface area contributed by atoms with Crippen molar-refractivity contribution in [2.24, 2.45) is 5.92 Å². The van der Waals surface area contributed by atoms with Crippen molar-refractivity contribution in [3.05, 3.63) is 58.6 Å². The van der Waals surface area contributed by atoms with Gasteiger partial charge in [-0.15, -0.1) is 11.8 Å². The molecule has 0 saturated heterocycles. The predicted octanol–water partition coefficient (Wildman–Crippen LogP) is 3.28. The van der Waals surface area contributed by atoms with Crippen molar-refractivity contribution in [3.63, 3.8) is 0 Å². The molecule has 8 heteroatoms. The number of nitrogens with one attached hydrogen (secondary N) is 2. The van der Waals surface area contributed by atoms with E-state index in [9.17, 15) is 19.7 Å². The number of amides is 2. The van der Waals surface area contributed by atoms with Crippen molar-refractivity contribution in [2.45, 2.75) is 17.1 Å². The lowest BCUT2D eigenvalue weighted by atomic mass is 10.1. The van der Waals surface area contributed by atoms with E-state index in [1.54, 1.807) is 19.1 Å². The molecule has 0 radical (unpaired) electrons. The maximum Gasteiger partial charge on any atom is 0.292 e. The molecule has 0 spiro atoms. The summed E-state index contributed by atoms with van der Waals surface area (Å²) >= 11 is 1.32. The van der Waals surface area contributed by atoms with Gasteiger partial charge in [-0.1, -0.05) is 31.2 Å². The Morgan fingerprint density at radius 2 is 1.92 bits per heavy atom. The number of nitrogens with zero attached hydrogens (tertiary/aromatic N) is 1. The summed E-state index contributed by atoms with van der Waals surface area (Å²) in [5.41, 5.74) is 0.653. The molecule has 2 amide bonds. The summed E-state index contributed by atoms with van der Waals surface area (Å²) in [6.45, 7) is 1.63. The minimum Gasteiger partial charge on any atom is -0.324 e. The number of hydrogen-bond acceptors (Lipinski definition) is 5. The Balaban J connectivity index is 1.77. The monoisotopic (exact) mass is 357 g/mol.